The molecule has 2 aromatic carbocycles. The molecule has 3 atom stereocenters. The standard InChI is InChI=1S/C46H69N7O11/c1-31(2)28-35(49-38(55)36(29-32-18-12-10-13-19-32)50-42(59)62-30-33-20-14-11-15-21-33)37(54)48-34(22-16-17-25-47-41(58)63-44(3,4)5)39(56)52-53-26-23-46(24-27-53,40(57)61-9)51-43(60)64-45(6,7)8/h10-15,18-21,31,34-36H,16-17,22-30H2,1-9H3,(H,47,58)(H,48,54)(H,49,55)(H,50,59)(H,51,60)(H,52,56). The smallest absolute Gasteiger partial charge is 0.408 e. The monoisotopic (exact) mass is 896 g/mol. The van der Waals surface area contributed by atoms with Crippen LogP contribution in [0.5, 0.6) is 0 Å². The number of carbonyl (C=O) groups excluding carboxylic acids is 7. The van der Waals surface area contributed by atoms with E-state index in [1.54, 1.807) is 58.7 Å². The van der Waals surface area contributed by atoms with Crippen LogP contribution in [0.15, 0.2) is 60.7 Å². The van der Waals surface area contributed by atoms with E-state index in [1.165, 1.54) is 7.11 Å². The molecule has 18 heteroatoms. The first-order chi connectivity index (χ1) is 30.1. The number of ether oxygens (including phenoxy) is 4. The lowest BCUT2D eigenvalue weighted by molar-refractivity contribution is -0.151. The maximum absolute atomic E-state index is 14.2. The molecule has 354 valence electrons. The summed E-state index contributed by atoms with van der Waals surface area (Å²) in [5, 5.41) is 15.3. The zero-order valence-corrected chi connectivity index (χ0v) is 38.8. The van der Waals surface area contributed by atoms with Crippen LogP contribution in [0.25, 0.3) is 0 Å². The van der Waals surface area contributed by atoms with Crippen LogP contribution in [0.4, 0.5) is 14.4 Å². The van der Waals surface area contributed by atoms with Gasteiger partial charge in [0, 0.05) is 26.1 Å². The van der Waals surface area contributed by atoms with Gasteiger partial charge in [0.2, 0.25) is 11.8 Å². The second-order valence-corrected chi connectivity index (χ2v) is 18.3. The Morgan fingerprint density at radius 3 is 1.78 bits per heavy atom. The van der Waals surface area contributed by atoms with Gasteiger partial charge in [0.15, 0.2) is 0 Å². The van der Waals surface area contributed by atoms with Gasteiger partial charge in [-0.25, -0.2) is 24.2 Å². The van der Waals surface area contributed by atoms with Crippen LogP contribution in [0.2, 0.25) is 0 Å². The Morgan fingerprint density at radius 2 is 1.22 bits per heavy atom. The van der Waals surface area contributed by atoms with Crippen molar-refractivity contribution in [2.24, 2.45) is 5.92 Å². The summed E-state index contributed by atoms with van der Waals surface area (Å²) in [5.41, 5.74) is 1.48. The summed E-state index contributed by atoms with van der Waals surface area (Å²) in [5.74, 6) is -2.53. The normalized spacial score (nSPS) is 15.3. The van der Waals surface area contributed by atoms with Crippen molar-refractivity contribution in [2.75, 3.05) is 26.7 Å². The lowest BCUT2D eigenvalue weighted by Gasteiger charge is -2.40. The molecule has 0 spiro atoms. The minimum Gasteiger partial charge on any atom is -0.467 e. The number of carbonyl (C=O) groups is 7. The number of hydrogen-bond donors (Lipinski definition) is 6. The van der Waals surface area contributed by atoms with Crippen molar-refractivity contribution in [1.82, 2.24) is 37.0 Å². The summed E-state index contributed by atoms with van der Waals surface area (Å²) in [7, 11) is 1.22. The molecule has 1 heterocycles. The fourth-order valence-corrected chi connectivity index (χ4v) is 6.77. The number of hydrazine groups is 1. The highest BCUT2D eigenvalue weighted by molar-refractivity contribution is 5.94. The Labute approximate surface area is 377 Å². The zero-order valence-electron chi connectivity index (χ0n) is 38.8. The molecule has 1 fully saturated rings. The molecule has 3 unspecified atom stereocenters. The van der Waals surface area contributed by atoms with E-state index in [-0.39, 0.29) is 64.3 Å². The number of alkyl carbamates (subject to hydrolysis) is 3. The van der Waals surface area contributed by atoms with Gasteiger partial charge in [-0.1, -0.05) is 74.5 Å². The first-order valence-corrected chi connectivity index (χ1v) is 21.8. The zero-order chi connectivity index (χ0) is 47.5. The Kier molecular flexibility index (Phi) is 20.3. The number of unbranched alkanes of at least 4 members (excludes halogenated alkanes) is 1. The number of amides is 6. The molecule has 18 nitrogen and oxygen atoms in total. The molecule has 0 radical (unpaired) electrons. The van der Waals surface area contributed by atoms with Crippen molar-refractivity contribution in [3.8, 4) is 0 Å². The minimum atomic E-state index is -1.40. The lowest BCUT2D eigenvalue weighted by Crippen LogP contribution is -2.64. The Bertz CT molecular complexity index is 1840. The van der Waals surface area contributed by atoms with Gasteiger partial charge in [-0.15, -0.1) is 0 Å². The van der Waals surface area contributed by atoms with Gasteiger partial charge < -0.3 is 45.5 Å². The van der Waals surface area contributed by atoms with E-state index in [1.807, 2.05) is 62.4 Å². The van der Waals surface area contributed by atoms with E-state index in [0.717, 1.165) is 11.1 Å². The van der Waals surface area contributed by atoms with Crippen molar-refractivity contribution in [2.45, 2.75) is 142 Å². The number of esters is 1. The van der Waals surface area contributed by atoms with Crippen LogP contribution in [0, 0.1) is 5.92 Å². The van der Waals surface area contributed by atoms with Gasteiger partial charge in [-0.3, -0.25) is 19.8 Å². The van der Waals surface area contributed by atoms with E-state index < -0.39 is 76.8 Å². The molecular formula is C46H69N7O11. The third-order valence-corrected chi connectivity index (χ3v) is 9.87. The third-order valence-electron chi connectivity index (χ3n) is 9.87. The van der Waals surface area contributed by atoms with Crippen LogP contribution in [-0.4, -0.2) is 109 Å². The van der Waals surface area contributed by atoms with Gasteiger partial charge in [-0.05, 0) is 97.1 Å². The van der Waals surface area contributed by atoms with Gasteiger partial charge in [-0.2, -0.15) is 0 Å². The number of nitrogens with one attached hydrogen (secondary N) is 6. The Hall–Kier alpha value is -5.91. The van der Waals surface area contributed by atoms with E-state index in [4.69, 9.17) is 18.9 Å². The Balaban J connectivity index is 1.78. The Morgan fingerprint density at radius 1 is 0.672 bits per heavy atom. The molecule has 3 rings (SSSR count). The molecule has 1 aliphatic heterocycles. The number of nitrogens with zero attached hydrogens (tertiary/aromatic N) is 1. The first kappa shape index (κ1) is 52.4. The van der Waals surface area contributed by atoms with Crippen molar-refractivity contribution in [1.29, 1.82) is 0 Å². The first-order valence-electron chi connectivity index (χ1n) is 21.8. The summed E-state index contributed by atoms with van der Waals surface area (Å²) in [6, 6.07) is 14.9. The van der Waals surface area contributed by atoms with Gasteiger partial charge in [0.25, 0.3) is 5.91 Å². The van der Waals surface area contributed by atoms with Crippen LogP contribution >= 0.6 is 0 Å². The molecule has 64 heavy (non-hydrogen) atoms. The summed E-state index contributed by atoms with van der Waals surface area (Å²) in [6.45, 7) is 14.6. The van der Waals surface area contributed by atoms with Crippen LogP contribution in [-0.2, 0) is 51.2 Å². The van der Waals surface area contributed by atoms with Gasteiger partial charge in [0.1, 0.15) is 41.5 Å². The van der Waals surface area contributed by atoms with Crippen molar-refractivity contribution in [3.05, 3.63) is 71.8 Å². The second-order valence-electron chi connectivity index (χ2n) is 18.3. The molecule has 0 saturated carbocycles. The number of benzene rings is 2. The topological polar surface area (TPSA) is 232 Å². The van der Waals surface area contributed by atoms with Crippen molar-refractivity contribution < 1.29 is 52.5 Å². The van der Waals surface area contributed by atoms with Crippen LogP contribution in [0.3, 0.4) is 0 Å². The summed E-state index contributed by atoms with van der Waals surface area (Å²) >= 11 is 0. The van der Waals surface area contributed by atoms with Crippen LogP contribution in [0.1, 0.15) is 105 Å². The SMILES string of the molecule is COC(=O)C1(NC(=O)OC(C)(C)C)CCN(NC(=O)C(CCCCNC(=O)OC(C)(C)C)NC(=O)C(CC(C)C)NC(=O)C(Cc2ccccc2)NC(=O)OCc2ccccc2)CC1. The van der Waals surface area contributed by atoms with Gasteiger partial charge in [0.05, 0.1) is 7.11 Å². The van der Waals surface area contributed by atoms with E-state index in [2.05, 4.69) is 32.0 Å². The number of methoxy groups -OCH3 is 1. The molecule has 0 aromatic heterocycles. The predicted molar refractivity (Wildman–Crippen MR) is 238 cm³/mol. The lowest BCUT2D eigenvalue weighted by atomic mass is 9.88. The summed E-state index contributed by atoms with van der Waals surface area (Å²) in [4.78, 5) is 93.2. The molecule has 0 aliphatic carbocycles. The van der Waals surface area contributed by atoms with Crippen molar-refractivity contribution >= 4 is 42.0 Å². The van der Waals surface area contributed by atoms with E-state index >= 15 is 0 Å². The molecular weight excluding hydrogens is 827 g/mol. The second kappa shape index (κ2) is 24.8. The number of rotatable bonds is 20. The molecule has 2 aromatic rings. The quantitative estimate of drug-likeness (QED) is 0.0598. The largest absolute Gasteiger partial charge is 0.467 e. The molecule has 6 amide bonds. The third kappa shape index (κ3) is 19.2. The summed E-state index contributed by atoms with van der Waals surface area (Å²) in [6.07, 6.45) is -0.727. The van der Waals surface area contributed by atoms with E-state index in [9.17, 15) is 33.6 Å². The number of hydrogen-bond acceptors (Lipinski definition) is 12. The molecule has 1 saturated heterocycles. The van der Waals surface area contributed by atoms with Crippen molar-refractivity contribution in [3.63, 3.8) is 0 Å². The average molecular weight is 896 g/mol. The highest BCUT2D eigenvalue weighted by Crippen LogP contribution is 2.24. The van der Waals surface area contributed by atoms with Gasteiger partial charge >= 0.3 is 24.2 Å². The maximum atomic E-state index is 14.2. The fraction of sp³-hybridized carbons (Fsp3) is 0.587. The number of piperidine rings is 1. The highest BCUT2D eigenvalue weighted by Gasteiger charge is 2.45. The van der Waals surface area contributed by atoms with Crippen LogP contribution < -0.4 is 32.0 Å². The minimum absolute atomic E-state index is 0.0161. The molecule has 1 aliphatic rings. The molecule has 6 N–H and O–H groups in total. The maximum Gasteiger partial charge on any atom is 0.408 e. The average Bonchev–Trinajstić information content (AvgIpc) is 3.21. The highest BCUT2D eigenvalue weighted by atomic mass is 16.6. The van der Waals surface area contributed by atoms with E-state index in [0.29, 0.717) is 12.8 Å². The predicted octanol–water partition coefficient (Wildman–Crippen LogP) is 4.80. The summed E-state index contributed by atoms with van der Waals surface area (Å²) < 4.78 is 21.2. The molecule has 0 bridgehead atoms. The fourth-order valence-electron chi connectivity index (χ4n) is 6.77.